The fourth-order valence-electron chi connectivity index (χ4n) is 2.31. The van der Waals surface area contributed by atoms with Crippen LogP contribution >= 0.6 is 11.8 Å². The molecule has 5 heteroatoms. The fraction of sp³-hybridized carbons (Fsp3) is 0.632. The van der Waals surface area contributed by atoms with E-state index in [9.17, 15) is 4.79 Å². The van der Waals surface area contributed by atoms with Crippen molar-refractivity contribution in [2.45, 2.75) is 39.0 Å². The van der Waals surface area contributed by atoms with E-state index in [1.807, 2.05) is 23.1 Å². The largest absolute Gasteiger partial charge is 0.449 e. The van der Waals surface area contributed by atoms with E-state index in [-0.39, 0.29) is 18.6 Å². The number of benzene rings is 1. The summed E-state index contributed by atoms with van der Waals surface area (Å²) in [7, 11) is 0. The first-order valence-electron chi connectivity index (χ1n) is 8.84. The maximum absolute atomic E-state index is 12.4. The number of hydrogen-bond donors (Lipinski definition) is 1. The predicted molar refractivity (Wildman–Crippen MR) is 102 cm³/mol. The van der Waals surface area contributed by atoms with Crippen LogP contribution in [-0.4, -0.2) is 53.9 Å². The van der Waals surface area contributed by atoms with E-state index < -0.39 is 0 Å². The molecule has 0 aromatic heterocycles. The van der Waals surface area contributed by atoms with Gasteiger partial charge in [-0.1, -0.05) is 50.6 Å². The Morgan fingerprint density at radius 2 is 2.00 bits per heavy atom. The van der Waals surface area contributed by atoms with Crippen molar-refractivity contribution in [3.8, 4) is 0 Å². The Kier molecular flexibility index (Phi) is 11.4. The highest BCUT2D eigenvalue weighted by Gasteiger charge is 2.18. The lowest BCUT2D eigenvalue weighted by Gasteiger charge is -2.25. The van der Waals surface area contributed by atoms with Crippen LogP contribution in [0.5, 0.6) is 0 Å². The highest BCUT2D eigenvalue weighted by molar-refractivity contribution is 7.99. The van der Waals surface area contributed by atoms with Crippen molar-refractivity contribution in [1.82, 2.24) is 4.90 Å². The number of hydrogen-bond acceptors (Lipinski definition) is 4. The van der Waals surface area contributed by atoms with Gasteiger partial charge in [-0.15, -0.1) is 0 Å². The van der Waals surface area contributed by atoms with Gasteiger partial charge < -0.3 is 14.7 Å². The van der Waals surface area contributed by atoms with Gasteiger partial charge in [0.25, 0.3) is 0 Å². The van der Waals surface area contributed by atoms with Crippen LogP contribution in [0.1, 0.15) is 44.6 Å². The molecule has 0 fully saturated rings. The minimum atomic E-state index is -0.214. The number of carbonyl (C=O) groups excluding carboxylic acids is 1. The number of aliphatic hydroxyl groups excluding tert-OH is 1. The summed E-state index contributed by atoms with van der Waals surface area (Å²) in [6, 6.07) is 10.3. The average Bonchev–Trinajstić information content (AvgIpc) is 2.61. The van der Waals surface area contributed by atoms with E-state index >= 15 is 0 Å². The van der Waals surface area contributed by atoms with Crippen LogP contribution in [0, 0.1) is 0 Å². The number of carbonyl (C=O) groups is 1. The predicted octanol–water partition coefficient (Wildman–Crippen LogP) is 4.14. The van der Waals surface area contributed by atoms with Crippen molar-refractivity contribution in [3.63, 3.8) is 0 Å². The molecule has 0 heterocycles. The number of amides is 1. The Bertz CT molecular complexity index is 441. The number of aliphatic hydroxyl groups is 1. The lowest BCUT2D eigenvalue weighted by molar-refractivity contribution is 0.101. The molecule has 0 aliphatic rings. The molecule has 1 N–H and O–H groups in total. The molecule has 1 amide bonds. The Balaban J connectivity index is 2.53. The van der Waals surface area contributed by atoms with E-state index in [2.05, 4.69) is 26.0 Å². The van der Waals surface area contributed by atoms with Gasteiger partial charge >= 0.3 is 6.09 Å². The molecule has 0 saturated heterocycles. The molecule has 136 valence electrons. The van der Waals surface area contributed by atoms with Gasteiger partial charge in [0, 0.05) is 25.4 Å². The molecule has 0 spiro atoms. The van der Waals surface area contributed by atoms with Crippen molar-refractivity contribution in [1.29, 1.82) is 0 Å². The second kappa shape index (κ2) is 13.1. The maximum Gasteiger partial charge on any atom is 0.409 e. The first-order valence-corrected chi connectivity index (χ1v) is 9.99. The molecule has 0 saturated carbocycles. The smallest absolute Gasteiger partial charge is 0.409 e. The van der Waals surface area contributed by atoms with E-state index in [0.717, 1.165) is 30.8 Å². The Morgan fingerprint density at radius 3 is 2.67 bits per heavy atom. The van der Waals surface area contributed by atoms with Crippen LogP contribution < -0.4 is 0 Å². The number of ether oxygens (including phenoxy) is 1. The van der Waals surface area contributed by atoms with Gasteiger partial charge in [0.1, 0.15) is 0 Å². The molecule has 0 aliphatic heterocycles. The van der Waals surface area contributed by atoms with Gasteiger partial charge in [-0.2, -0.15) is 11.8 Å². The SMILES string of the molecule is CCCCOC(=O)N(CCSCCCO)C[C@@H](C)c1ccccc1. The minimum Gasteiger partial charge on any atom is -0.449 e. The van der Waals surface area contributed by atoms with Gasteiger partial charge in [-0.25, -0.2) is 4.79 Å². The normalized spacial score (nSPS) is 12.0. The van der Waals surface area contributed by atoms with Crippen molar-refractivity contribution in [2.75, 3.05) is 37.8 Å². The minimum absolute atomic E-state index is 0.214. The Morgan fingerprint density at radius 1 is 1.25 bits per heavy atom. The first-order chi connectivity index (χ1) is 11.7. The number of thioether (sulfide) groups is 1. The molecular weight excluding hydrogens is 322 g/mol. The Labute approximate surface area is 150 Å². The van der Waals surface area contributed by atoms with Crippen LogP contribution in [0.25, 0.3) is 0 Å². The quantitative estimate of drug-likeness (QED) is 0.574. The highest BCUT2D eigenvalue weighted by Crippen LogP contribution is 2.17. The van der Waals surface area contributed by atoms with Gasteiger partial charge in [0.2, 0.25) is 0 Å². The molecule has 4 nitrogen and oxygen atoms in total. The molecular formula is C19H31NO3S. The van der Waals surface area contributed by atoms with Crippen LogP contribution in [0.3, 0.4) is 0 Å². The zero-order valence-electron chi connectivity index (χ0n) is 14.9. The summed E-state index contributed by atoms with van der Waals surface area (Å²) in [5.74, 6) is 2.06. The Hall–Kier alpha value is -1.20. The fourth-order valence-corrected chi connectivity index (χ4v) is 3.20. The third kappa shape index (κ3) is 8.60. The second-order valence-electron chi connectivity index (χ2n) is 5.92. The van der Waals surface area contributed by atoms with Gasteiger partial charge in [0.05, 0.1) is 6.61 Å². The summed E-state index contributed by atoms with van der Waals surface area (Å²) in [6.07, 6.45) is 2.50. The van der Waals surface area contributed by atoms with Crippen molar-refractivity contribution >= 4 is 17.9 Å². The van der Waals surface area contributed by atoms with Crippen molar-refractivity contribution in [2.24, 2.45) is 0 Å². The number of rotatable bonds is 12. The third-order valence-electron chi connectivity index (χ3n) is 3.80. The molecule has 24 heavy (non-hydrogen) atoms. The summed E-state index contributed by atoms with van der Waals surface area (Å²) in [6.45, 7) is 6.28. The summed E-state index contributed by atoms with van der Waals surface area (Å²) < 4.78 is 5.40. The van der Waals surface area contributed by atoms with Crippen molar-refractivity contribution in [3.05, 3.63) is 35.9 Å². The molecule has 0 aliphatic carbocycles. The molecule has 0 radical (unpaired) electrons. The van der Waals surface area contributed by atoms with E-state index in [1.54, 1.807) is 11.8 Å². The maximum atomic E-state index is 12.4. The average molecular weight is 354 g/mol. The monoisotopic (exact) mass is 353 g/mol. The standard InChI is InChI=1S/C19H31NO3S/c1-3-4-13-23-19(22)20(11-15-24-14-8-12-21)16-17(2)18-9-6-5-7-10-18/h5-7,9-10,17,21H,3-4,8,11-16H2,1-2H3/t17-/m1/s1. The molecule has 0 unspecified atom stereocenters. The molecule has 0 bridgehead atoms. The first kappa shape index (κ1) is 20.8. The number of nitrogens with zero attached hydrogens (tertiary/aromatic N) is 1. The van der Waals surface area contributed by atoms with Gasteiger partial charge in [-0.05, 0) is 30.1 Å². The third-order valence-corrected chi connectivity index (χ3v) is 4.85. The van der Waals surface area contributed by atoms with E-state index in [4.69, 9.17) is 9.84 Å². The zero-order chi connectivity index (χ0) is 17.6. The van der Waals surface area contributed by atoms with Gasteiger partial charge in [-0.3, -0.25) is 0 Å². The van der Waals surface area contributed by atoms with Gasteiger partial charge in [0.15, 0.2) is 0 Å². The lowest BCUT2D eigenvalue weighted by atomic mass is 10.0. The van der Waals surface area contributed by atoms with E-state index in [1.165, 1.54) is 5.56 Å². The van der Waals surface area contributed by atoms with Crippen LogP contribution in [0.4, 0.5) is 4.79 Å². The molecule has 1 rings (SSSR count). The van der Waals surface area contributed by atoms with Crippen molar-refractivity contribution < 1.29 is 14.6 Å². The number of unbranched alkanes of at least 4 members (excludes halogenated alkanes) is 1. The highest BCUT2D eigenvalue weighted by atomic mass is 32.2. The summed E-state index contributed by atoms with van der Waals surface area (Å²) in [4.78, 5) is 14.2. The van der Waals surface area contributed by atoms with Crippen LogP contribution in [0.2, 0.25) is 0 Å². The lowest BCUT2D eigenvalue weighted by Crippen LogP contribution is -2.36. The van der Waals surface area contributed by atoms with Crippen LogP contribution in [-0.2, 0) is 4.74 Å². The molecule has 1 aromatic rings. The topological polar surface area (TPSA) is 49.8 Å². The zero-order valence-corrected chi connectivity index (χ0v) is 15.8. The van der Waals surface area contributed by atoms with E-state index in [0.29, 0.717) is 19.7 Å². The molecule has 1 atom stereocenters. The molecule has 1 aromatic carbocycles. The second-order valence-corrected chi connectivity index (χ2v) is 7.14. The van der Waals surface area contributed by atoms with Crippen LogP contribution in [0.15, 0.2) is 30.3 Å². The summed E-state index contributed by atoms with van der Waals surface area (Å²) in [5, 5.41) is 8.83. The summed E-state index contributed by atoms with van der Waals surface area (Å²) >= 11 is 1.77. The summed E-state index contributed by atoms with van der Waals surface area (Å²) in [5.41, 5.74) is 1.23.